The zero-order valence-electron chi connectivity index (χ0n) is 9.08. The SMILES string of the molecule is Cc1nc(-c2ccc3c(c2)CC(=O)N3)sc1Br. The monoisotopic (exact) mass is 308 g/mol. The summed E-state index contributed by atoms with van der Waals surface area (Å²) in [7, 11) is 0. The van der Waals surface area contributed by atoms with E-state index >= 15 is 0 Å². The number of anilines is 1. The molecule has 0 bridgehead atoms. The molecular weight excluding hydrogens is 300 g/mol. The summed E-state index contributed by atoms with van der Waals surface area (Å²) in [5, 5.41) is 3.81. The molecule has 0 radical (unpaired) electrons. The van der Waals surface area contributed by atoms with Gasteiger partial charge in [0.2, 0.25) is 5.91 Å². The molecule has 1 aromatic carbocycles. The molecule has 5 heteroatoms. The Morgan fingerprint density at radius 2 is 2.29 bits per heavy atom. The summed E-state index contributed by atoms with van der Waals surface area (Å²) in [6.45, 7) is 1.97. The molecule has 1 aliphatic heterocycles. The van der Waals surface area contributed by atoms with Crippen molar-refractivity contribution in [1.29, 1.82) is 0 Å². The van der Waals surface area contributed by atoms with Crippen LogP contribution in [-0.2, 0) is 11.2 Å². The predicted octanol–water partition coefficient (Wildman–Crippen LogP) is 3.38. The lowest BCUT2D eigenvalue weighted by Crippen LogP contribution is -2.03. The van der Waals surface area contributed by atoms with Gasteiger partial charge in [-0.3, -0.25) is 4.79 Å². The van der Waals surface area contributed by atoms with E-state index in [-0.39, 0.29) is 5.91 Å². The van der Waals surface area contributed by atoms with E-state index in [1.165, 1.54) is 0 Å². The Bertz CT molecular complexity index is 601. The molecule has 2 heterocycles. The summed E-state index contributed by atoms with van der Waals surface area (Å²) < 4.78 is 1.06. The standard InChI is InChI=1S/C12H9BrN2OS/c1-6-11(13)17-12(14-6)7-2-3-9-8(4-7)5-10(16)15-9/h2-4H,5H2,1H3,(H,15,16). The minimum atomic E-state index is 0.0636. The van der Waals surface area contributed by atoms with Crippen molar-refractivity contribution in [3.05, 3.63) is 33.2 Å². The zero-order valence-corrected chi connectivity index (χ0v) is 11.5. The van der Waals surface area contributed by atoms with Gasteiger partial charge >= 0.3 is 0 Å². The number of rotatable bonds is 1. The number of halogens is 1. The first-order chi connectivity index (χ1) is 8.13. The van der Waals surface area contributed by atoms with Crippen LogP contribution in [0.15, 0.2) is 22.0 Å². The molecule has 3 nitrogen and oxygen atoms in total. The first-order valence-corrected chi connectivity index (χ1v) is 6.80. The van der Waals surface area contributed by atoms with Crippen LogP contribution < -0.4 is 5.32 Å². The van der Waals surface area contributed by atoms with Crippen LogP contribution in [0.1, 0.15) is 11.3 Å². The molecule has 0 fully saturated rings. The Morgan fingerprint density at radius 3 is 3.00 bits per heavy atom. The maximum Gasteiger partial charge on any atom is 0.228 e. The molecule has 1 aliphatic rings. The molecule has 0 atom stereocenters. The fourth-order valence-electron chi connectivity index (χ4n) is 1.86. The molecule has 0 aliphatic carbocycles. The van der Waals surface area contributed by atoms with Crippen LogP contribution in [0.3, 0.4) is 0 Å². The lowest BCUT2D eigenvalue weighted by Gasteiger charge is -2.00. The molecule has 1 amide bonds. The third-order valence-electron chi connectivity index (χ3n) is 2.72. The van der Waals surface area contributed by atoms with Crippen molar-refractivity contribution >= 4 is 38.9 Å². The van der Waals surface area contributed by atoms with E-state index in [1.807, 2.05) is 25.1 Å². The summed E-state index contributed by atoms with van der Waals surface area (Å²) in [4.78, 5) is 15.8. The van der Waals surface area contributed by atoms with E-state index in [9.17, 15) is 4.79 Å². The van der Waals surface area contributed by atoms with E-state index in [0.29, 0.717) is 6.42 Å². The highest BCUT2D eigenvalue weighted by Gasteiger charge is 2.18. The molecule has 0 spiro atoms. The molecule has 2 aromatic rings. The molecule has 0 saturated carbocycles. The Balaban J connectivity index is 2.05. The van der Waals surface area contributed by atoms with E-state index in [0.717, 1.165) is 31.3 Å². The average Bonchev–Trinajstić information content (AvgIpc) is 2.80. The first-order valence-electron chi connectivity index (χ1n) is 5.19. The lowest BCUT2D eigenvalue weighted by molar-refractivity contribution is -0.115. The van der Waals surface area contributed by atoms with Crippen LogP contribution >= 0.6 is 27.3 Å². The van der Waals surface area contributed by atoms with Gasteiger partial charge in [-0.05, 0) is 46.6 Å². The number of nitrogens with one attached hydrogen (secondary N) is 1. The number of thiazole rings is 1. The van der Waals surface area contributed by atoms with Crippen molar-refractivity contribution < 1.29 is 4.79 Å². The lowest BCUT2D eigenvalue weighted by atomic mass is 10.1. The van der Waals surface area contributed by atoms with Gasteiger partial charge in [0, 0.05) is 11.3 Å². The highest BCUT2D eigenvalue weighted by molar-refractivity contribution is 9.11. The van der Waals surface area contributed by atoms with Crippen molar-refractivity contribution in [3.8, 4) is 10.6 Å². The van der Waals surface area contributed by atoms with Crippen molar-refractivity contribution in [2.24, 2.45) is 0 Å². The first kappa shape index (κ1) is 10.9. The highest BCUT2D eigenvalue weighted by Crippen LogP contribution is 2.34. The number of hydrogen-bond acceptors (Lipinski definition) is 3. The fourth-order valence-corrected chi connectivity index (χ4v) is 3.20. The Morgan fingerprint density at radius 1 is 1.47 bits per heavy atom. The Hall–Kier alpha value is -1.20. The molecule has 1 aromatic heterocycles. The predicted molar refractivity (Wildman–Crippen MR) is 72.3 cm³/mol. The summed E-state index contributed by atoms with van der Waals surface area (Å²) in [5.74, 6) is 0.0636. The number of nitrogens with zero attached hydrogens (tertiary/aromatic N) is 1. The fraction of sp³-hybridized carbons (Fsp3) is 0.167. The number of aryl methyl sites for hydroxylation is 1. The summed E-state index contributed by atoms with van der Waals surface area (Å²) in [6, 6.07) is 5.98. The Labute approximate surface area is 111 Å². The molecular formula is C12H9BrN2OS. The number of benzene rings is 1. The van der Waals surface area contributed by atoms with Crippen LogP contribution in [0.5, 0.6) is 0 Å². The van der Waals surface area contributed by atoms with Crippen LogP contribution in [-0.4, -0.2) is 10.9 Å². The molecule has 0 saturated heterocycles. The maximum absolute atomic E-state index is 11.3. The molecule has 0 unspecified atom stereocenters. The molecule has 17 heavy (non-hydrogen) atoms. The number of hydrogen-bond donors (Lipinski definition) is 1. The quantitative estimate of drug-likeness (QED) is 0.877. The normalized spacial score (nSPS) is 13.6. The van der Waals surface area contributed by atoms with Crippen LogP contribution in [0.4, 0.5) is 5.69 Å². The minimum Gasteiger partial charge on any atom is -0.326 e. The number of carbonyl (C=O) groups is 1. The number of carbonyl (C=O) groups excluding carboxylic acids is 1. The summed E-state index contributed by atoms with van der Waals surface area (Å²) in [5.41, 5.74) is 4.04. The number of amides is 1. The number of aromatic nitrogens is 1. The van der Waals surface area contributed by atoms with Crippen molar-refractivity contribution in [2.75, 3.05) is 5.32 Å². The van der Waals surface area contributed by atoms with Gasteiger partial charge < -0.3 is 5.32 Å². The van der Waals surface area contributed by atoms with Crippen LogP contribution in [0.25, 0.3) is 10.6 Å². The second-order valence-corrected chi connectivity index (χ2v) is 6.29. The topological polar surface area (TPSA) is 42.0 Å². The second kappa shape index (κ2) is 3.92. The van der Waals surface area contributed by atoms with Gasteiger partial charge in [0.15, 0.2) is 0 Å². The van der Waals surface area contributed by atoms with Gasteiger partial charge in [-0.1, -0.05) is 0 Å². The van der Waals surface area contributed by atoms with Crippen molar-refractivity contribution in [1.82, 2.24) is 4.98 Å². The van der Waals surface area contributed by atoms with Crippen LogP contribution in [0, 0.1) is 6.92 Å². The van der Waals surface area contributed by atoms with Gasteiger partial charge in [0.25, 0.3) is 0 Å². The molecule has 86 valence electrons. The third kappa shape index (κ3) is 1.89. The van der Waals surface area contributed by atoms with E-state index in [4.69, 9.17) is 0 Å². The van der Waals surface area contributed by atoms with E-state index in [1.54, 1.807) is 11.3 Å². The van der Waals surface area contributed by atoms with Gasteiger partial charge in [-0.2, -0.15) is 0 Å². The molecule has 3 rings (SSSR count). The van der Waals surface area contributed by atoms with Gasteiger partial charge in [-0.15, -0.1) is 11.3 Å². The Kier molecular flexibility index (Phi) is 2.52. The average molecular weight is 309 g/mol. The van der Waals surface area contributed by atoms with Gasteiger partial charge in [-0.25, -0.2) is 4.98 Å². The third-order valence-corrected chi connectivity index (χ3v) is 4.77. The molecule has 1 N–H and O–H groups in total. The maximum atomic E-state index is 11.3. The minimum absolute atomic E-state index is 0.0636. The van der Waals surface area contributed by atoms with Crippen LogP contribution in [0.2, 0.25) is 0 Å². The van der Waals surface area contributed by atoms with Gasteiger partial charge in [0.1, 0.15) is 5.01 Å². The van der Waals surface area contributed by atoms with E-state index < -0.39 is 0 Å². The van der Waals surface area contributed by atoms with Gasteiger partial charge in [0.05, 0.1) is 15.9 Å². The second-order valence-electron chi connectivity index (χ2n) is 3.98. The zero-order chi connectivity index (χ0) is 12.0. The number of fused-ring (bicyclic) bond motifs is 1. The largest absolute Gasteiger partial charge is 0.326 e. The smallest absolute Gasteiger partial charge is 0.228 e. The van der Waals surface area contributed by atoms with Crippen molar-refractivity contribution in [2.45, 2.75) is 13.3 Å². The summed E-state index contributed by atoms with van der Waals surface area (Å²) >= 11 is 5.09. The highest BCUT2D eigenvalue weighted by atomic mass is 79.9. The van der Waals surface area contributed by atoms with Crippen molar-refractivity contribution in [3.63, 3.8) is 0 Å². The van der Waals surface area contributed by atoms with E-state index in [2.05, 4.69) is 26.2 Å². The summed E-state index contributed by atoms with van der Waals surface area (Å²) in [6.07, 6.45) is 0.467.